The van der Waals surface area contributed by atoms with Gasteiger partial charge in [0, 0.05) is 10.8 Å². The maximum absolute atomic E-state index is 12.3. The predicted molar refractivity (Wildman–Crippen MR) is 130 cm³/mol. The highest BCUT2D eigenvalue weighted by Crippen LogP contribution is 2.39. The molecule has 1 N–H and O–H groups in total. The maximum atomic E-state index is 12.3. The van der Waals surface area contributed by atoms with Gasteiger partial charge in [0.25, 0.3) is 0 Å². The highest BCUT2D eigenvalue weighted by Gasteiger charge is 2.13. The molecule has 2 unspecified atom stereocenters. The number of hydrogen-bond donors (Lipinski definition) is 1. The average molecular weight is 498 g/mol. The van der Waals surface area contributed by atoms with Gasteiger partial charge in [-0.15, -0.1) is 4.13 Å². The summed E-state index contributed by atoms with van der Waals surface area (Å²) < 4.78 is 58.8. The van der Waals surface area contributed by atoms with Crippen molar-refractivity contribution in [2.75, 3.05) is 42.7 Å². The fourth-order valence-corrected chi connectivity index (χ4v) is 4.47. The number of nitrogens with one attached hydrogen (secondary N) is 1. The number of benzene rings is 2. The minimum atomic E-state index is -1.71. The molecule has 11 heteroatoms. The summed E-state index contributed by atoms with van der Waals surface area (Å²) in [6.07, 6.45) is 3.18. The first kappa shape index (κ1) is 26.2. The standard InChI is InChI=1S/C22H27NO8S2/c1-26-17-11-15(12-18(27-2)21(17)30-5)7-9-32(24)23-33(25)10-8-16-13-19(28-3)22(31-6)20(14-16)29-4/h7-14,23H,1-6H3. The Morgan fingerprint density at radius 3 is 1.12 bits per heavy atom. The number of ether oxygens (including phenoxy) is 6. The SMILES string of the molecule is COc1cc(C=CS(=O)NS(=O)C=Cc2cc(OC)c(OC)c(OC)c2)cc(OC)c1OC. The molecule has 0 aliphatic carbocycles. The van der Waals surface area contributed by atoms with Gasteiger partial charge in [-0.1, -0.05) is 0 Å². The van der Waals surface area contributed by atoms with Crippen molar-refractivity contribution < 1.29 is 36.8 Å². The summed E-state index contributed by atoms with van der Waals surface area (Å²) in [5.41, 5.74) is 1.33. The van der Waals surface area contributed by atoms with Gasteiger partial charge in [0.05, 0.1) is 42.7 Å². The molecule has 0 radical (unpaired) electrons. The highest BCUT2D eigenvalue weighted by atomic mass is 32.3. The summed E-state index contributed by atoms with van der Waals surface area (Å²) in [6.45, 7) is 0. The third-order valence-electron chi connectivity index (χ3n) is 4.31. The molecule has 0 saturated carbocycles. The lowest BCUT2D eigenvalue weighted by Gasteiger charge is -2.12. The van der Waals surface area contributed by atoms with Crippen molar-refractivity contribution in [2.24, 2.45) is 0 Å². The van der Waals surface area contributed by atoms with Crippen LogP contribution in [0, 0.1) is 0 Å². The number of hydrogen-bond acceptors (Lipinski definition) is 8. The van der Waals surface area contributed by atoms with Crippen molar-refractivity contribution in [3.05, 3.63) is 46.2 Å². The summed E-state index contributed by atoms with van der Waals surface area (Å²) in [4.78, 5) is 0. The van der Waals surface area contributed by atoms with Gasteiger partial charge in [-0.2, -0.15) is 0 Å². The molecule has 180 valence electrons. The largest absolute Gasteiger partial charge is 0.493 e. The summed E-state index contributed by atoms with van der Waals surface area (Å²) in [5.74, 6) is 2.77. The van der Waals surface area contributed by atoms with Crippen molar-refractivity contribution >= 4 is 34.1 Å². The van der Waals surface area contributed by atoms with Crippen molar-refractivity contribution in [3.8, 4) is 34.5 Å². The molecule has 33 heavy (non-hydrogen) atoms. The van der Waals surface area contributed by atoms with Crippen LogP contribution < -0.4 is 32.5 Å². The monoisotopic (exact) mass is 497 g/mol. The minimum Gasteiger partial charge on any atom is -0.493 e. The summed E-state index contributed by atoms with van der Waals surface area (Å²) in [7, 11) is 5.62. The van der Waals surface area contributed by atoms with E-state index in [1.54, 1.807) is 36.4 Å². The molecule has 2 aromatic rings. The topological polar surface area (TPSA) is 102 Å². The van der Waals surface area contributed by atoms with Crippen LogP contribution in [0.15, 0.2) is 35.1 Å². The average Bonchev–Trinajstić information content (AvgIpc) is 2.84. The quantitative estimate of drug-likeness (QED) is 0.477. The van der Waals surface area contributed by atoms with Crippen LogP contribution in [-0.2, 0) is 22.0 Å². The van der Waals surface area contributed by atoms with Gasteiger partial charge in [-0.05, 0) is 47.5 Å². The molecule has 2 atom stereocenters. The highest BCUT2D eigenvalue weighted by molar-refractivity contribution is 8.01. The van der Waals surface area contributed by atoms with Crippen LogP contribution in [0.1, 0.15) is 11.1 Å². The molecule has 0 saturated heterocycles. The van der Waals surface area contributed by atoms with E-state index in [9.17, 15) is 8.42 Å². The van der Waals surface area contributed by atoms with E-state index in [2.05, 4.69) is 4.13 Å². The lowest BCUT2D eigenvalue weighted by molar-refractivity contribution is 0.324. The molecule has 2 aromatic carbocycles. The molecule has 2 rings (SSSR count). The van der Waals surface area contributed by atoms with E-state index in [0.717, 1.165) is 0 Å². The molecule has 0 amide bonds. The van der Waals surface area contributed by atoms with Crippen LogP contribution in [0.25, 0.3) is 12.2 Å². The third kappa shape index (κ3) is 6.98. The van der Waals surface area contributed by atoms with E-state index in [1.807, 2.05) is 0 Å². The van der Waals surface area contributed by atoms with Crippen LogP contribution in [0.3, 0.4) is 0 Å². The molecule has 9 nitrogen and oxygen atoms in total. The van der Waals surface area contributed by atoms with Gasteiger partial charge in [0.1, 0.15) is 22.0 Å². The zero-order valence-corrected chi connectivity index (χ0v) is 20.8. The Morgan fingerprint density at radius 2 is 0.879 bits per heavy atom. The summed E-state index contributed by atoms with van der Waals surface area (Å²) in [5, 5.41) is 2.73. The molecule has 0 aromatic heterocycles. The fraction of sp³-hybridized carbons (Fsp3) is 0.273. The zero-order valence-electron chi connectivity index (χ0n) is 19.2. The van der Waals surface area contributed by atoms with Crippen LogP contribution in [-0.4, -0.2) is 51.1 Å². The molecule has 0 spiro atoms. The minimum absolute atomic E-state index is 0.453. The molecule has 0 fully saturated rings. The van der Waals surface area contributed by atoms with Crippen LogP contribution >= 0.6 is 0 Å². The Balaban J connectivity index is 2.10. The Kier molecular flexibility index (Phi) is 10.2. The number of rotatable bonds is 12. The van der Waals surface area contributed by atoms with Gasteiger partial charge in [0.15, 0.2) is 23.0 Å². The molecular formula is C22H27NO8S2. The second kappa shape index (κ2) is 12.9. The first-order valence-electron chi connectivity index (χ1n) is 9.44. The number of methoxy groups -OCH3 is 6. The first-order chi connectivity index (χ1) is 15.9. The van der Waals surface area contributed by atoms with E-state index in [-0.39, 0.29) is 0 Å². The molecule has 0 aliphatic heterocycles. The second-order valence-corrected chi connectivity index (χ2v) is 8.60. The van der Waals surface area contributed by atoms with Crippen molar-refractivity contribution in [2.45, 2.75) is 0 Å². The van der Waals surface area contributed by atoms with Gasteiger partial charge in [-0.3, -0.25) is 0 Å². The molecular weight excluding hydrogens is 470 g/mol. The van der Waals surface area contributed by atoms with Gasteiger partial charge >= 0.3 is 0 Å². The summed E-state index contributed by atoms with van der Waals surface area (Å²) >= 11 is 0. The van der Waals surface area contributed by atoms with Gasteiger partial charge < -0.3 is 28.4 Å². The Labute approximate surface area is 198 Å². The van der Waals surface area contributed by atoms with Gasteiger partial charge in [0.2, 0.25) is 11.5 Å². The zero-order chi connectivity index (χ0) is 24.4. The van der Waals surface area contributed by atoms with Crippen molar-refractivity contribution in [3.63, 3.8) is 0 Å². The maximum Gasteiger partial charge on any atom is 0.203 e. The smallest absolute Gasteiger partial charge is 0.203 e. The normalized spacial score (nSPS) is 13.0. The van der Waals surface area contributed by atoms with E-state index in [0.29, 0.717) is 45.6 Å². The van der Waals surface area contributed by atoms with Crippen LogP contribution in [0.5, 0.6) is 34.5 Å². The molecule has 0 bridgehead atoms. The van der Waals surface area contributed by atoms with Crippen LogP contribution in [0.2, 0.25) is 0 Å². The summed E-state index contributed by atoms with van der Waals surface area (Å²) in [6, 6.07) is 6.82. The van der Waals surface area contributed by atoms with E-state index in [1.165, 1.54) is 53.5 Å². The van der Waals surface area contributed by atoms with E-state index >= 15 is 0 Å². The Hall–Kier alpha value is -3.02. The van der Waals surface area contributed by atoms with Crippen molar-refractivity contribution in [1.29, 1.82) is 0 Å². The second-order valence-electron chi connectivity index (χ2n) is 6.20. The first-order valence-corrected chi connectivity index (χ1v) is 11.9. The van der Waals surface area contributed by atoms with Crippen LogP contribution in [0.4, 0.5) is 0 Å². The van der Waals surface area contributed by atoms with E-state index < -0.39 is 22.0 Å². The Morgan fingerprint density at radius 1 is 0.576 bits per heavy atom. The molecule has 0 aliphatic rings. The molecule has 0 heterocycles. The fourth-order valence-electron chi connectivity index (χ4n) is 2.81. The van der Waals surface area contributed by atoms with Crippen molar-refractivity contribution in [1.82, 2.24) is 4.13 Å². The third-order valence-corrected chi connectivity index (χ3v) is 6.39. The Bertz CT molecular complexity index is 935. The lowest BCUT2D eigenvalue weighted by atomic mass is 10.2. The lowest BCUT2D eigenvalue weighted by Crippen LogP contribution is -2.15. The van der Waals surface area contributed by atoms with Gasteiger partial charge in [-0.25, -0.2) is 8.42 Å². The van der Waals surface area contributed by atoms with E-state index in [4.69, 9.17) is 28.4 Å². The predicted octanol–water partition coefficient (Wildman–Crippen LogP) is 3.30.